The highest BCUT2D eigenvalue weighted by Gasteiger charge is 2.36. The fourth-order valence-electron chi connectivity index (χ4n) is 9.79. The molecule has 4 aliphatic rings. The van der Waals surface area contributed by atoms with Gasteiger partial charge in [-0.15, -0.1) is 0 Å². The second kappa shape index (κ2) is 14.2. The number of ether oxygens (including phenoxy) is 1. The van der Waals surface area contributed by atoms with Crippen LogP contribution in [0.5, 0.6) is 5.75 Å². The van der Waals surface area contributed by atoms with Gasteiger partial charge in [-0.25, -0.2) is 0 Å². The molecule has 1 atom stereocenters. The Hall–Kier alpha value is -6.90. The summed E-state index contributed by atoms with van der Waals surface area (Å²) in [6.07, 6.45) is 14.0. The summed E-state index contributed by atoms with van der Waals surface area (Å²) < 4.78 is 6.22. The first-order valence-corrected chi connectivity index (χ1v) is 21.0. The molecule has 284 valence electrons. The van der Waals surface area contributed by atoms with Gasteiger partial charge in [0, 0.05) is 34.0 Å². The van der Waals surface area contributed by atoms with E-state index in [0.29, 0.717) is 5.92 Å². The molecular weight excluding hydrogens is 715 g/mol. The zero-order valence-corrected chi connectivity index (χ0v) is 33.5. The van der Waals surface area contributed by atoms with E-state index in [0.717, 1.165) is 36.5 Å². The predicted octanol–water partition coefficient (Wildman–Crippen LogP) is 15.2. The van der Waals surface area contributed by atoms with E-state index in [1.165, 1.54) is 83.7 Å². The van der Waals surface area contributed by atoms with E-state index in [-0.39, 0.29) is 5.41 Å². The molecule has 0 radical (unpaired) electrons. The van der Waals surface area contributed by atoms with Gasteiger partial charge in [-0.1, -0.05) is 141 Å². The summed E-state index contributed by atoms with van der Waals surface area (Å²) in [7, 11) is 0. The van der Waals surface area contributed by atoms with Gasteiger partial charge in [-0.3, -0.25) is 0 Å². The predicted molar refractivity (Wildman–Crippen MR) is 246 cm³/mol. The van der Waals surface area contributed by atoms with Gasteiger partial charge < -0.3 is 9.64 Å². The minimum atomic E-state index is -0.0911. The van der Waals surface area contributed by atoms with E-state index >= 15 is 0 Å². The van der Waals surface area contributed by atoms with E-state index in [1.54, 1.807) is 0 Å². The average molecular weight is 760 g/mol. The van der Waals surface area contributed by atoms with Crippen molar-refractivity contribution in [3.63, 3.8) is 0 Å². The van der Waals surface area contributed by atoms with Crippen molar-refractivity contribution in [3.05, 3.63) is 228 Å². The summed E-state index contributed by atoms with van der Waals surface area (Å²) in [5.41, 5.74) is 20.3. The Morgan fingerprint density at radius 2 is 1.15 bits per heavy atom. The maximum atomic E-state index is 6.22. The van der Waals surface area contributed by atoms with E-state index in [2.05, 4.69) is 213 Å². The third kappa shape index (κ3) is 6.19. The van der Waals surface area contributed by atoms with Crippen LogP contribution < -0.4 is 9.64 Å². The van der Waals surface area contributed by atoms with Gasteiger partial charge in [-0.05, 0) is 153 Å². The number of allylic oxidation sites excluding steroid dienone is 8. The average Bonchev–Trinajstić information content (AvgIpc) is 3.78. The minimum absolute atomic E-state index is 0.0911. The van der Waals surface area contributed by atoms with Crippen molar-refractivity contribution in [2.75, 3.05) is 4.90 Å². The largest absolute Gasteiger partial charge is 0.461 e. The van der Waals surface area contributed by atoms with Crippen LogP contribution in [-0.2, 0) is 5.41 Å². The molecule has 0 saturated carbocycles. The first-order valence-electron chi connectivity index (χ1n) is 21.0. The molecule has 0 spiro atoms. The quantitative estimate of drug-likeness (QED) is 0.160. The molecule has 7 aromatic rings. The molecule has 0 bridgehead atoms. The summed E-state index contributed by atoms with van der Waals surface area (Å²) in [6, 6.07) is 60.5. The second-order valence-corrected chi connectivity index (χ2v) is 16.8. The first kappa shape index (κ1) is 35.3. The van der Waals surface area contributed by atoms with Crippen molar-refractivity contribution in [2.24, 2.45) is 0 Å². The Kier molecular flexibility index (Phi) is 8.48. The van der Waals surface area contributed by atoms with Crippen molar-refractivity contribution in [2.45, 2.75) is 44.4 Å². The van der Waals surface area contributed by atoms with Crippen LogP contribution in [-0.4, -0.2) is 0 Å². The lowest BCUT2D eigenvalue weighted by Gasteiger charge is -2.31. The summed E-state index contributed by atoms with van der Waals surface area (Å²) in [4.78, 5) is 2.49. The molecule has 0 N–H and O–H groups in total. The van der Waals surface area contributed by atoms with Crippen LogP contribution in [0.15, 0.2) is 206 Å². The third-order valence-corrected chi connectivity index (χ3v) is 12.9. The number of anilines is 2. The van der Waals surface area contributed by atoms with Gasteiger partial charge in [0.1, 0.15) is 11.5 Å². The van der Waals surface area contributed by atoms with E-state index in [9.17, 15) is 0 Å². The normalized spacial score (nSPS) is 16.8. The fourth-order valence-corrected chi connectivity index (χ4v) is 9.79. The molecule has 59 heavy (non-hydrogen) atoms. The van der Waals surface area contributed by atoms with Crippen LogP contribution in [0.2, 0.25) is 0 Å². The Morgan fingerprint density at radius 1 is 0.508 bits per heavy atom. The monoisotopic (exact) mass is 759 g/mol. The van der Waals surface area contributed by atoms with Crippen LogP contribution in [0.3, 0.4) is 0 Å². The molecule has 11 rings (SSSR count). The molecular formula is C57H45NO. The Labute approximate surface area is 347 Å². The van der Waals surface area contributed by atoms with Crippen LogP contribution in [0.1, 0.15) is 61.3 Å². The van der Waals surface area contributed by atoms with Crippen molar-refractivity contribution in [1.82, 2.24) is 0 Å². The standard InChI is InChI=1S/C57H45NO/c1-57(2)53-19-11-9-17-49(53)50-31-30-48(37-54(50)57)58(46-26-21-40(22-27-46)42-25-32-56-52(36-42)51-18-10-12-20-55(51)59-56)47-28-23-41(24-29-47)45-34-43(38-13-5-3-6-14-38)33-44(35-45)39-15-7-4-8-16-39/h3-17,19-23,25-28,30-37,51H,18,24,29H2,1-2H3. The smallest absolute Gasteiger partial charge is 0.130 e. The highest BCUT2D eigenvalue weighted by atomic mass is 16.5. The zero-order chi connectivity index (χ0) is 39.5. The molecule has 7 aromatic carbocycles. The molecule has 0 aromatic heterocycles. The second-order valence-electron chi connectivity index (χ2n) is 16.8. The molecule has 0 saturated heterocycles. The third-order valence-electron chi connectivity index (χ3n) is 12.9. The molecule has 1 unspecified atom stereocenters. The number of nitrogens with zero attached hydrogens (tertiary/aromatic N) is 1. The van der Waals surface area contributed by atoms with E-state index in [4.69, 9.17) is 4.74 Å². The lowest BCUT2D eigenvalue weighted by molar-refractivity contribution is 0.425. The lowest BCUT2D eigenvalue weighted by Crippen LogP contribution is -2.20. The number of rotatable bonds is 7. The van der Waals surface area contributed by atoms with E-state index in [1.807, 2.05) is 0 Å². The minimum Gasteiger partial charge on any atom is -0.461 e. The van der Waals surface area contributed by atoms with Gasteiger partial charge in [0.15, 0.2) is 0 Å². The lowest BCUT2D eigenvalue weighted by atomic mass is 9.82. The maximum absolute atomic E-state index is 6.22. The van der Waals surface area contributed by atoms with Crippen molar-refractivity contribution in [1.29, 1.82) is 0 Å². The SMILES string of the molecule is CC1(C)c2ccccc2-c2ccc(N(C3=CC=C(c4cc(-c5ccccc5)cc(-c5ccccc5)c4)CC3)c3ccc(-c4ccc5c(c4)C4CC=CC=C4O5)cc3)cc21. The molecule has 3 aliphatic carbocycles. The molecule has 1 aliphatic heterocycles. The van der Waals surface area contributed by atoms with Gasteiger partial charge in [0.2, 0.25) is 0 Å². The summed E-state index contributed by atoms with van der Waals surface area (Å²) >= 11 is 0. The van der Waals surface area contributed by atoms with Crippen LogP contribution in [0.25, 0.3) is 50.1 Å². The zero-order valence-electron chi connectivity index (χ0n) is 33.5. The number of fused-ring (bicyclic) bond motifs is 6. The Balaban J connectivity index is 0.988. The fraction of sp³-hybridized carbons (Fsp3) is 0.123. The number of hydrogen-bond donors (Lipinski definition) is 0. The van der Waals surface area contributed by atoms with Crippen molar-refractivity contribution >= 4 is 16.9 Å². The van der Waals surface area contributed by atoms with Crippen LogP contribution in [0, 0.1) is 0 Å². The molecule has 2 nitrogen and oxygen atoms in total. The van der Waals surface area contributed by atoms with Crippen molar-refractivity contribution in [3.8, 4) is 50.3 Å². The summed E-state index contributed by atoms with van der Waals surface area (Å²) in [5, 5.41) is 0. The maximum Gasteiger partial charge on any atom is 0.130 e. The van der Waals surface area contributed by atoms with Crippen LogP contribution >= 0.6 is 0 Å². The highest BCUT2D eigenvalue weighted by Crippen LogP contribution is 2.51. The number of hydrogen-bond acceptors (Lipinski definition) is 2. The van der Waals surface area contributed by atoms with E-state index < -0.39 is 0 Å². The topological polar surface area (TPSA) is 12.5 Å². The van der Waals surface area contributed by atoms with Gasteiger partial charge >= 0.3 is 0 Å². The summed E-state index contributed by atoms with van der Waals surface area (Å²) in [5.74, 6) is 2.35. The van der Waals surface area contributed by atoms with Gasteiger partial charge in [0.25, 0.3) is 0 Å². The number of benzene rings is 7. The van der Waals surface area contributed by atoms with Gasteiger partial charge in [-0.2, -0.15) is 0 Å². The first-order chi connectivity index (χ1) is 29.0. The van der Waals surface area contributed by atoms with Gasteiger partial charge in [0.05, 0.1) is 0 Å². The molecule has 2 heteroatoms. The summed E-state index contributed by atoms with van der Waals surface area (Å²) in [6.45, 7) is 4.74. The molecule has 0 amide bonds. The Morgan fingerprint density at radius 3 is 1.88 bits per heavy atom. The Bertz CT molecular complexity index is 2830. The molecule has 1 heterocycles. The molecule has 0 fully saturated rings. The van der Waals surface area contributed by atoms with Crippen molar-refractivity contribution < 1.29 is 4.74 Å². The van der Waals surface area contributed by atoms with Crippen LogP contribution in [0.4, 0.5) is 11.4 Å². The highest BCUT2D eigenvalue weighted by molar-refractivity contribution is 5.86.